The van der Waals surface area contributed by atoms with E-state index in [-0.39, 0.29) is 11.9 Å². The van der Waals surface area contributed by atoms with Gasteiger partial charge in [-0.2, -0.15) is 0 Å². The highest BCUT2D eigenvalue weighted by atomic mass is 19.1. The predicted octanol–water partition coefficient (Wildman–Crippen LogP) is 2.45. The summed E-state index contributed by atoms with van der Waals surface area (Å²) < 4.78 is 12.9. The van der Waals surface area contributed by atoms with Crippen LogP contribution in [-0.2, 0) is 6.42 Å². The number of halogens is 1. The van der Waals surface area contributed by atoms with Gasteiger partial charge in [-0.1, -0.05) is 19.1 Å². The number of hydrogen-bond donors (Lipinski definition) is 1. The van der Waals surface area contributed by atoms with E-state index in [0.29, 0.717) is 12.0 Å². The predicted molar refractivity (Wildman–Crippen MR) is 51.1 cm³/mol. The molecule has 0 saturated carbocycles. The molecule has 1 aromatic carbocycles. The van der Waals surface area contributed by atoms with Gasteiger partial charge in [-0.25, -0.2) is 4.39 Å². The summed E-state index contributed by atoms with van der Waals surface area (Å²) in [6.45, 7) is 3.66. The van der Waals surface area contributed by atoms with Crippen molar-refractivity contribution in [1.29, 1.82) is 0 Å². The van der Waals surface area contributed by atoms with Gasteiger partial charge in [-0.3, -0.25) is 0 Å². The molecule has 1 N–H and O–H groups in total. The molecule has 0 aliphatic rings. The third-order valence-electron chi connectivity index (χ3n) is 2.16. The quantitative estimate of drug-likeness (QED) is 0.761. The van der Waals surface area contributed by atoms with Crippen molar-refractivity contribution in [3.63, 3.8) is 0 Å². The summed E-state index contributed by atoms with van der Waals surface area (Å²) in [4.78, 5) is 0. The maximum Gasteiger partial charge on any atom is 0.126 e. The number of rotatable bonds is 3. The maximum absolute atomic E-state index is 12.9. The van der Waals surface area contributed by atoms with Gasteiger partial charge in [0.25, 0.3) is 0 Å². The van der Waals surface area contributed by atoms with Crippen LogP contribution in [0.15, 0.2) is 18.2 Å². The van der Waals surface area contributed by atoms with Gasteiger partial charge >= 0.3 is 0 Å². The van der Waals surface area contributed by atoms with Crippen LogP contribution >= 0.6 is 0 Å². The topological polar surface area (TPSA) is 20.2 Å². The number of hydrogen-bond acceptors (Lipinski definition) is 1. The fourth-order valence-electron chi connectivity index (χ4n) is 1.25. The molecule has 1 aromatic rings. The molecule has 13 heavy (non-hydrogen) atoms. The van der Waals surface area contributed by atoms with E-state index in [2.05, 4.69) is 0 Å². The summed E-state index contributed by atoms with van der Waals surface area (Å²) >= 11 is 0. The molecule has 0 bridgehead atoms. The Balaban J connectivity index is 2.73. The molecule has 0 saturated heterocycles. The Labute approximate surface area is 78.2 Å². The highest BCUT2D eigenvalue weighted by Crippen LogP contribution is 2.11. The Morgan fingerprint density at radius 2 is 2.15 bits per heavy atom. The lowest BCUT2D eigenvalue weighted by Crippen LogP contribution is -2.08. The van der Waals surface area contributed by atoms with Crippen molar-refractivity contribution >= 4 is 0 Å². The van der Waals surface area contributed by atoms with Crippen molar-refractivity contribution < 1.29 is 9.50 Å². The molecule has 1 atom stereocenters. The Hall–Kier alpha value is -0.890. The van der Waals surface area contributed by atoms with Crippen molar-refractivity contribution in [3.8, 4) is 0 Å². The van der Waals surface area contributed by atoms with Gasteiger partial charge in [0.2, 0.25) is 0 Å². The second kappa shape index (κ2) is 4.38. The van der Waals surface area contributed by atoms with Crippen LogP contribution in [0.3, 0.4) is 0 Å². The molecule has 0 spiro atoms. The van der Waals surface area contributed by atoms with E-state index in [4.69, 9.17) is 0 Å². The second-order valence-corrected chi connectivity index (χ2v) is 3.35. The first-order valence-corrected chi connectivity index (χ1v) is 4.56. The van der Waals surface area contributed by atoms with E-state index in [0.717, 1.165) is 12.0 Å². The van der Waals surface area contributed by atoms with Gasteiger partial charge in [0.15, 0.2) is 0 Å². The first-order valence-electron chi connectivity index (χ1n) is 4.56. The second-order valence-electron chi connectivity index (χ2n) is 3.35. The summed E-state index contributed by atoms with van der Waals surface area (Å²) in [5.74, 6) is -0.185. The third-order valence-corrected chi connectivity index (χ3v) is 2.16. The molecular formula is C11H15FO. The Morgan fingerprint density at radius 1 is 1.46 bits per heavy atom. The molecule has 1 rings (SSSR count). The molecule has 72 valence electrons. The van der Waals surface area contributed by atoms with Crippen LogP contribution in [0.5, 0.6) is 0 Å². The molecule has 1 nitrogen and oxygen atoms in total. The zero-order chi connectivity index (χ0) is 9.84. The average Bonchev–Trinajstić information content (AvgIpc) is 2.11. The van der Waals surface area contributed by atoms with Gasteiger partial charge in [-0.15, -0.1) is 0 Å². The van der Waals surface area contributed by atoms with Crippen LogP contribution in [0.4, 0.5) is 4.39 Å². The monoisotopic (exact) mass is 182 g/mol. The maximum atomic E-state index is 12.9. The van der Waals surface area contributed by atoms with Crippen molar-refractivity contribution in [2.24, 2.45) is 0 Å². The van der Waals surface area contributed by atoms with Crippen LogP contribution in [0.2, 0.25) is 0 Å². The Bertz CT molecular complexity index is 283. The van der Waals surface area contributed by atoms with Crippen molar-refractivity contribution in [2.75, 3.05) is 0 Å². The van der Waals surface area contributed by atoms with E-state index in [1.54, 1.807) is 19.1 Å². The highest BCUT2D eigenvalue weighted by Gasteiger charge is 2.04. The highest BCUT2D eigenvalue weighted by molar-refractivity contribution is 5.24. The summed E-state index contributed by atoms with van der Waals surface area (Å²) in [6.07, 6.45) is 1.03. The van der Waals surface area contributed by atoms with Crippen molar-refractivity contribution in [1.82, 2.24) is 0 Å². The van der Waals surface area contributed by atoms with Gasteiger partial charge in [-0.05, 0) is 37.0 Å². The minimum absolute atomic E-state index is 0.185. The molecule has 0 amide bonds. The van der Waals surface area contributed by atoms with E-state index in [9.17, 15) is 9.50 Å². The fraction of sp³-hybridized carbons (Fsp3) is 0.455. The normalized spacial score (nSPS) is 12.9. The van der Waals surface area contributed by atoms with Crippen LogP contribution in [0.25, 0.3) is 0 Å². The van der Waals surface area contributed by atoms with Crippen molar-refractivity contribution in [2.45, 2.75) is 32.8 Å². The number of aliphatic hydroxyl groups excluding tert-OH is 1. The van der Waals surface area contributed by atoms with Gasteiger partial charge < -0.3 is 5.11 Å². The largest absolute Gasteiger partial charge is 0.393 e. The van der Waals surface area contributed by atoms with E-state index >= 15 is 0 Å². The summed E-state index contributed by atoms with van der Waals surface area (Å²) in [5.41, 5.74) is 1.63. The molecular weight excluding hydrogens is 167 g/mol. The molecule has 0 unspecified atom stereocenters. The summed E-state index contributed by atoms with van der Waals surface area (Å²) in [5, 5.41) is 9.38. The molecule has 2 heteroatoms. The zero-order valence-corrected chi connectivity index (χ0v) is 8.05. The van der Waals surface area contributed by atoms with Crippen LogP contribution < -0.4 is 0 Å². The molecule has 0 aliphatic heterocycles. The van der Waals surface area contributed by atoms with E-state index < -0.39 is 0 Å². The van der Waals surface area contributed by atoms with Gasteiger partial charge in [0, 0.05) is 0 Å². The molecule has 0 aromatic heterocycles. The molecule has 0 aliphatic carbocycles. The summed E-state index contributed by atoms with van der Waals surface area (Å²) in [6, 6.07) is 4.96. The number of benzene rings is 1. The van der Waals surface area contributed by atoms with Crippen LogP contribution in [0.1, 0.15) is 24.5 Å². The molecule has 0 radical (unpaired) electrons. The average molecular weight is 182 g/mol. The minimum atomic E-state index is -0.315. The van der Waals surface area contributed by atoms with Gasteiger partial charge in [0.05, 0.1) is 6.10 Å². The number of aliphatic hydroxyl groups is 1. The minimum Gasteiger partial charge on any atom is -0.393 e. The van der Waals surface area contributed by atoms with Crippen molar-refractivity contribution in [3.05, 3.63) is 35.1 Å². The third kappa shape index (κ3) is 2.81. The first kappa shape index (κ1) is 10.2. The fourth-order valence-corrected chi connectivity index (χ4v) is 1.25. The lowest BCUT2D eigenvalue weighted by atomic mass is 10.0. The van der Waals surface area contributed by atoms with E-state index in [1.165, 1.54) is 6.07 Å². The van der Waals surface area contributed by atoms with E-state index in [1.807, 2.05) is 6.92 Å². The number of aryl methyl sites for hydroxylation is 1. The SMILES string of the molecule is CC[C@@H](O)Cc1ccc(F)c(C)c1. The smallest absolute Gasteiger partial charge is 0.126 e. The first-order chi connectivity index (χ1) is 6.13. The van der Waals surface area contributed by atoms with Crippen LogP contribution in [-0.4, -0.2) is 11.2 Å². The summed E-state index contributed by atoms with van der Waals surface area (Å²) in [7, 11) is 0. The molecule has 0 fully saturated rings. The Kier molecular flexibility index (Phi) is 3.43. The Morgan fingerprint density at radius 3 is 2.69 bits per heavy atom. The lowest BCUT2D eigenvalue weighted by Gasteiger charge is -2.08. The lowest BCUT2D eigenvalue weighted by molar-refractivity contribution is 0.171. The zero-order valence-electron chi connectivity index (χ0n) is 8.05. The van der Waals surface area contributed by atoms with Gasteiger partial charge in [0.1, 0.15) is 5.82 Å². The molecule has 0 heterocycles. The standard InChI is InChI=1S/C11H15FO/c1-3-10(13)7-9-4-5-11(12)8(2)6-9/h4-6,10,13H,3,7H2,1-2H3/t10-/m1/s1. The van der Waals surface area contributed by atoms with Crippen LogP contribution in [0, 0.1) is 12.7 Å².